The average Bonchev–Trinajstić information content (AvgIpc) is 3.30. The van der Waals surface area contributed by atoms with E-state index in [0.29, 0.717) is 22.6 Å². The van der Waals surface area contributed by atoms with Gasteiger partial charge in [-0.2, -0.15) is 13.9 Å². The number of aromatic nitrogens is 3. The van der Waals surface area contributed by atoms with E-state index in [4.69, 9.17) is 14.6 Å². The molecule has 8 nitrogen and oxygen atoms in total. The molecule has 1 saturated heterocycles. The highest BCUT2D eigenvalue weighted by molar-refractivity contribution is 5.64. The molecule has 4 aromatic rings. The van der Waals surface area contributed by atoms with E-state index in [1.807, 2.05) is 24.3 Å². The van der Waals surface area contributed by atoms with Crippen LogP contribution in [-0.2, 0) is 4.74 Å². The van der Waals surface area contributed by atoms with Crippen LogP contribution in [0.5, 0.6) is 5.75 Å². The van der Waals surface area contributed by atoms with Crippen LogP contribution in [0.3, 0.4) is 0 Å². The lowest BCUT2D eigenvalue weighted by Crippen LogP contribution is -2.36. The summed E-state index contributed by atoms with van der Waals surface area (Å²) in [5.41, 5.74) is 4.94. The molecule has 1 fully saturated rings. The van der Waals surface area contributed by atoms with Gasteiger partial charge >= 0.3 is 6.61 Å². The standard InChI is InChI=1S/C26H25F2N5O3/c27-26(28)36-21-4-2-1-3-18(21)23-25-24(20(34)15-29-23)30-22-10-9-19(31-33(22)25)16-5-7-17(8-6-16)32-11-13-35-14-12-32/h1-10,20,23,26,29,34H,11-15H2/t20-,23+/m0/s1. The van der Waals surface area contributed by atoms with Gasteiger partial charge in [-0.05, 0) is 30.3 Å². The Morgan fingerprint density at radius 3 is 2.58 bits per heavy atom. The van der Waals surface area contributed by atoms with Gasteiger partial charge in [0.15, 0.2) is 5.65 Å². The van der Waals surface area contributed by atoms with E-state index in [1.54, 1.807) is 22.7 Å². The number of imidazole rings is 1. The van der Waals surface area contributed by atoms with Crippen molar-refractivity contribution in [2.45, 2.75) is 18.8 Å². The summed E-state index contributed by atoms with van der Waals surface area (Å²) < 4.78 is 38.1. The molecule has 2 atom stereocenters. The fourth-order valence-corrected chi connectivity index (χ4v) is 4.90. The fraction of sp³-hybridized carbons (Fsp3) is 0.308. The third kappa shape index (κ3) is 4.17. The van der Waals surface area contributed by atoms with E-state index in [0.717, 1.165) is 43.2 Å². The lowest BCUT2D eigenvalue weighted by atomic mass is 9.96. The molecule has 2 aromatic carbocycles. The summed E-state index contributed by atoms with van der Waals surface area (Å²) in [6, 6.07) is 18.0. The number of halogens is 2. The van der Waals surface area contributed by atoms with Gasteiger partial charge in [-0.15, -0.1) is 0 Å². The summed E-state index contributed by atoms with van der Waals surface area (Å²) in [7, 11) is 0. The maximum atomic E-state index is 13.1. The van der Waals surface area contributed by atoms with E-state index in [1.165, 1.54) is 6.07 Å². The maximum Gasteiger partial charge on any atom is 0.387 e. The first-order valence-electron chi connectivity index (χ1n) is 11.9. The Labute approximate surface area is 206 Å². The number of aliphatic hydroxyl groups excluding tert-OH is 1. The van der Waals surface area contributed by atoms with E-state index >= 15 is 0 Å². The third-order valence-electron chi connectivity index (χ3n) is 6.63. The van der Waals surface area contributed by atoms with Crippen LogP contribution in [0.1, 0.15) is 29.1 Å². The Bertz CT molecular complexity index is 1370. The van der Waals surface area contributed by atoms with Gasteiger partial charge in [-0.1, -0.05) is 30.3 Å². The first-order valence-corrected chi connectivity index (χ1v) is 11.9. The minimum Gasteiger partial charge on any atom is -0.434 e. The third-order valence-corrected chi connectivity index (χ3v) is 6.63. The van der Waals surface area contributed by atoms with Crippen LogP contribution < -0.4 is 15.0 Å². The lowest BCUT2D eigenvalue weighted by Gasteiger charge is -2.29. The number of hydrogen-bond acceptors (Lipinski definition) is 7. The molecule has 2 aromatic heterocycles. The highest BCUT2D eigenvalue weighted by Gasteiger charge is 2.34. The van der Waals surface area contributed by atoms with Gasteiger partial charge in [0.05, 0.1) is 36.3 Å². The van der Waals surface area contributed by atoms with Crippen LogP contribution in [0, 0.1) is 0 Å². The predicted molar refractivity (Wildman–Crippen MR) is 129 cm³/mol. The Morgan fingerprint density at radius 1 is 1.03 bits per heavy atom. The van der Waals surface area contributed by atoms with E-state index in [2.05, 4.69) is 27.3 Å². The van der Waals surface area contributed by atoms with Gasteiger partial charge in [0.1, 0.15) is 11.9 Å². The number of β-amino-alcohol motifs (C(OH)–C–C–N with tert-alkyl or cyclic N) is 1. The van der Waals surface area contributed by atoms with Crippen molar-refractivity contribution in [3.05, 3.63) is 77.6 Å². The molecular weight excluding hydrogens is 468 g/mol. The molecular formula is C26H25F2N5O3. The minimum absolute atomic E-state index is 0.0668. The Balaban J connectivity index is 1.40. The zero-order chi connectivity index (χ0) is 24.6. The first-order chi connectivity index (χ1) is 17.6. The van der Waals surface area contributed by atoms with Crippen LogP contribution >= 0.6 is 0 Å². The number of para-hydroxylation sites is 1. The first kappa shape index (κ1) is 22.8. The van der Waals surface area contributed by atoms with Gasteiger partial charge in [0.2, 0.25) is 0 Å². The molecule has 2 aliphatic rings. The van der Waals surface area contributed by atoms with Crippen LogP contribution in [0.4, 0.5) is 14.5 Å². The van der Waals surface area contributed by atoms with Crippen LogP contribution in [0.25, 0.3) is 16.9 Å². The topological polar surface area (TPSA) is 84.1 Å². The summed E-state index contributed by atoms with van der Waals surface area (Å²) in [4.78, 5) is 6.90. The quantitative estimate of drug-likeness (QED) is 0.440. The Kier molecular flexibility index (Phi) is 6.00. The van der Waals surface area contributed by atoms with Gasteiger partial charge in [-0.25, -0.2) is 9.50 Å². The van der Waals surface area contributed by atoms with Gasteiger partial charge < -0.3 is 24.8 Å². The number of benzene rings is 2. The summed E-state index contributed by atoms with van der Waals surface area (Å²) in [5, 5.41) is 18.7. The molecule has 0 amide bonds. The largest absolute Gasteiger partial charge is 0.434 e. The Morgan fingerprint density at radius 2 is 1.81 bits per heavy atom. The highest BCUT2D eigenvalue weighted by atomic mass is 19.3. The molecule has 0 radical (unpaired) electrons. The van der Waals surface area contributed by atoms with Crippen molar-refractivity contribution in [1.29, 1.82) is 0 Å². The minimum atomic E-state index is -2.95. The van der Waals surface area contributed by atoms with Crippen molar-refractivity contribution in [3.63, 3.8) is 0 Å². The molecule has 6 rings (SSSR count). The second-order valence-corrected chi connectivity index (χ2v) is 8.79. The van der Waals surface area contributed by atoms with Crippen LogP contribution in [0.2, 0.25) is 0 Å². The number of morpholine rings is 1. The van der Waals surface area contributed by atoms with Crippen LogP contribution in [-0.4, -0.2) is 59.2 Å². The molecule has 2 N–H and O–H groups in total. The Hall–Kier alpha value is -3.60. The van der Waals surface area contributed by atoms with Gasteiger partial charge in [0, 0.05) is 36.4 Å². The van der Waals surface area contributed by atoms with Crippen molar-refractivity contribution >= 4 is 11.3 Å². The van der Waals surface area contributed by atoms with Gasteiger partial charge in [-0.3, -0.25) is 0 Å². The maximum absolute atomic E-state index is 13.1. The molecule has 0 spiro atoms. The number of rotatable bonds is 5. The number of nitrogens with one attached hydrogen (secondary N) is 1. The number of aliphatic hydroxyl groups is 1. The number of nitrogens with zero attached hydrogens (tertiary/aromatic N) is 4. The monoisotopic (exact) mass is 493 g/mol. The molecule has 0 aliphatic carbocycles. The van der Waals surface area contributed by atoms with Crippen molar-refractivity contribution in [2.75, 3.05) is 37.7 Å². The second-order valence-electron chi connectivity index (χ2n) is 8.79. The second kappa shape index (κ2) is 9.45. The molecule has 36 heavy (non-hydrogen) atoms. The fourth-order valence-electron chi connectivity index (χ4n) is 4.90. The number of hydrogen-bond donors (Lipinski definition) is 2. The molecule has 2 aliphatic heterocycles. The molecule has 0 unspecified atom stereocenters. The van der Waals surface area contributed by atoms with Crippen LogP contribution in [0.15, 0.2) is 60.7 Å². The molecule has 0 bridgehead atoms. The number of alkyl halides is 2. The molecule has 186 valence electrons. The van der Waals surface area contributed by atoms with Crippen molar-refractivity contribution < 1.29 is 23.4 Å². The van der Waals surface area contributed by atoms with Crippen molar-refractivity contribution in [1.82, 2.24) is 19.9 Å². The predicted octanol–water partition coefficient (Wildman–Crippen LogP) is 3.56. The summed E-state index contributed by atoms with van der Waals surface area (Å²) >= 11 is 0. The average molecular weight is 494 g/mol. The molecule has 4 heterocycles. The van der Waals surface area contributed by atoms with E-state index in [-0.39, 0.29) is 12.3 Å². The molecule has 10 heteroatoms. The van der Waals surface area contributed by atoms with Crippen molar-refractivity contribution in [3.8, 4) is 17.0 Å². The smallest absolute Gasteiger partial charge is 0.387 e. The highest BCUT2D eigenvalue weighted by Crippen LogP contribution is 2.37. The zero-order valence-corrected chi connectivity index (χ0v) is 19.3. The SMILES string of the molecule is O[C@H]1CN[C@H](c2ccccc2OC(F)F)c2c1nc1ccc(-c3ccc(N4CCOCC4)cc3)nn21. The van der Waals surface area contributed by atoms with Crippen molar-refractivity contribution in [2.24, 2.45) is 0 Å². The van der Waals surface area contributed by atoms with E-state index in [9.17, 15) is 13.9 Å². The number of fused-ring (bicyclic) bond motifs is 3. The molecule has 0 saturated carbocycles. The number of anilines is 1. The zero-order valence-electron chi connectivity index (χ0n) is 19.3. The number of ether oxygens (including phenoxy) is 2. The summed E-state index contributed by atoms with van der Waals surface area (Å²) in [6.07, 6.45) is -0.850. The summed E-state index contributed by atoms with van der Waals surface area (Å²) in [5.74, 6) is 0.0668. The van der Waals surface area contributed by atoms with Gasteiger partial charge in [0.25, 0.3) is 0 Å². The lowest BCUT2D eigenvalue weighted by molar-refractivity contribution is -0.0507. The normalized spacial score (nSPS) is 20.1. The summed E-state index contributed by atoms with van der Waals surface area (Å²) in [6.45, 7) is 0.431. The van der Waals surface area contributed by atoms with E-state index < -0.39 is 18.8 Å².